The van der Waals surface area contributed by atoms with Gasteiger partial charge in [-0.25, -0.2) is 0 Å². The van der Waals surface area contributed by atoms with Crippen molar-refractivity contribution in [2.75, 3.05) is 7.05 Å². The van der Waals surface area contributed by atoms with Crippen molar-refractivity contribution in [1.82, 2.24) is 4.90 Å². The molecule has 0 amide bonds. The lowest BCUT2D eigenvalue weighted by Gasteiger charge is -2.38. The highest BCUT2D eigenvalue weighted by Crippen LogP contribution is 2.36. The Kier molecular flexibility index (Phi) is 2.75. The molecule has 0 spiro atoms. The van der Waals surface area contributed by atoms with Gasteiger partial charge in [-0.3, -0.25) is 0 Å². The normalized spacial score (nSPS) is 39.0. The smallest absolute Gasteiger partial charge is 0.184 e. The van der Waals surface area contributed by atoms with Crippen LogP contribution in [0.25, 0.3) is 0 Å². The van der Waals surface area contributed by atoms with Crippen LogP contribution < -0.4 is 0 Å². The summed E-state index contributed by atoms with van der Waals surface area (Å²) < 4.78 is 6.22. The maximum absolute atomic E-state index is 6.22. The van der Waals surface area contributed by atoms with Gasteiger partial charge in [-0.1, -0.05) is 0 Å². The standard InChI is InChI=1S/C11H23NOSi/c1-12-9-5-6-10(12)8-11(7-9)13-14(2,3)4/h9-11H,5-8H2,1-4H3. The van der Waals surface area contributed by atoms with Gasteiger partial charge in [0.1, 0.15) is 0 Å². The fourth-order valence-electron chi connectivity index (χ4n) is 2.96. The molecule has 2 aliphatic heterocycles. The number of rotatable bonds is 2. The van der Waals surface area contributed by atoms with E-state index in [1.165, 1.54) is 25.7 Å². The molecule has 0 radical (unpaired) electrons. The molecular formula is C11H23NOSi. The molecule has 14 heavy (non-hydrogen) atoms. The first-order valence-corrected chi connectivity index (χ1v) is 9.26. The monoisotopic (exact) mass is 213 g/mol. The Hall–Kier alpha value is 0.137. The quantitative estimate of drug-likeness (QED) is 0.653. The van der Waals surface area contributed by atoms with Crippen LogP contribution in [-0.4, -0.2) is 38.5 Å². The third-order valence-electron chi connectivity index (χ3n) is 3.58. The Balaban J connectivity index is 1.93. The van der Waals surface area contributed by atoms with Crippen LogP contribution in [0.1, 0.15) is 25.7 Å². The zero-order valence-corrected chi connectivity index (χ0v) is 10.9. The molecule has 2 nitrogen and oxygen atoms in total. The van der Waals surface area contributed by atoms with Crippen molar-refractivity contribution in [3.8, 4) is 0 Å². The van der Waals surface area contributed by atoms with E-state index in [1.807, 2.05) is 0 Å². The first-order chi connectivity index (χ1) is 6.46. The van der Waals surface area contributed by atoms with Crippen molar-refractivity contribution >= 4 is 8.32 Å². The van der Waals surface area contributed by atoms with Crippen molar-refractivity contribution in [3.63, 3.8) is 0 Å². The minimum atomic E-state index is -1.32. The number of fused-ring (bicyclic) bond motifs is 2. The fraction of sp³-hybridized carbons (Fsp3) is 1.00. The second-order valence-electron chi connectivity index (χ2n) is 5.87. The molecule has 0 N–H and O–H groups in total. The molecule has 2 atom stereocenters. The van der Waals surface area contributed by atoms with Gasteiger partial charge in [0.15, 0.2) is 8.32 Å². The Labute approximate surface area is 88.8 Å². The SMILES string of the molecule is CN1C2CCC1CC(O[Si](C)(C)C)C2. The van der Waals surface area contributed by atoms with Gasteiger partial charge in [-0.2, -0.15) is 0 Å². The van der Waals surface area contributed by atoms with E-state index in [1.54, 1.807) is 0 Å². The van der Waals surface area contributed by atoms with Gasteiger partial charge in [-0.05, 0) is 52.4 Å². The van der Waals surface area contributed by atoms with Gasteiger partial charge in [0, 0.05) is 18.2 Å². The maximum atomic E-state index is 6.22. The molecule has 3 heteroatoms. The van der Waals surface area contributed by atoms with E-state index >= 15 is 0 Å². The summed E-state index contributed by atoms with van der Waals surface area (Å²) in [5.74, 6) is 0. The molecule has 0 aromatic rings. The second kappa shape index (κ2) is 3.61. The van der Waals surface area contributed by atoms with E-state index in [2.05, 4.69) is 31.6 Å². The summed E-state index contributed by atoms with van der Waals surface area (Å²) in [6.45, 7) is 6.90. The minimum Gasteiger partial charge on any atom is -0.415 e. The van der Waals surface area contributed by atoms with Crippen LogP contribution in [0.4, 0.5) is 0 Å². The Morgan fingerprint density at radius 2 is 1.57 bits per heavy atom. The predicted molar refractivity (Wildman–Crippen MR) is 62.0 cm³/mol. The van der Waals surface area contributed by atoms with Crippen LogP contribution in [0.3, 0.4) is 0 Å². The topological polar surface area (TPSA) is 12.5 Å². The largest absolute Gasteiger partial charge is 0.415 e. The molecule has 2 heterocycles. The first-order valence-electron chi connectivity index (χ1n) is 5.85. The summed E-state index contributed by atoms with van der Waals surface area (Å²) in [5, 5.41) is 0. The summed E-state index contributed by atoms with van der Waals surface area (Å²) in [6, 6.07) is 1.63. The van der Waals surface area contributed by atoms with Crippen LogP contribution in [-0.2, 0) is 4.43 Å². The molecule has 2 saturated heterocycles. The average Bonchev–Trinajstić information content (AvgIpc) is 2.32. The molecule has 2 bridgehead atoms. The fourth-order valence-corrected chi connectivity index (χ4v) is 4.15. The third kappa shape index (κ3) is 2.20. The van der Waals surface area contributed by atoms with E-state index in [-0.39, 0.29) is 0 Å². The summed E-state index contributed by atoms with van der Waals surface area (Å²) in [5.41, 5.74) is 0. The van der Waals surface area contributed by atoms with E-state index in [9.17, 15) is 0 Å². The number of hydrogen-bond acceptors (Lipinski definition) is 2. The van der Waals surface area contributed by atoms with Gasteiger partial charge in [0.25, 0.3) is 0 Å². The molecule has 2 fully saturated rings. The van der Waals surface area contributed by atoms with Gasteiger partial charge in [-0.15, -0.1) is 0 Å². The molecule has 0 aromatic heterocycles. The molecular weight excluding hydrogens is 190 g/mol. The highest BCUT2D eigenvalue weighted by Gasteiger charge is 2.39. The first kappa shape index (κ1) is 10.6. The summed E-state index contributed by atoms with van der Waals surface area (Å²) in [7, 11) is 0.968. The molecule has 2 unspecified atom stereocenters. The van der Waals surface area contributed by atoms with Crippen molar-refractivity contribution in [2.24, 2.45) is 0 Å². The lowest BCUT2D eigenvalue weighted by Crippen LogP contribution is -2.45. The van der Waals surface area contributed by atoms with Gasteiger partial charge in [0.2, 0.25) is 0 Å². The summed E-state index contributed by atoms with van der Waals surface area (Å²) in [4.78, 5) is 2.57. The van der Waals surface area contributed by atoms with Crippen LogP contribution in [0, 0.1) is 0 Å². The van der Waals surface area contributed by atoms with Crippen molar-refractivity contribution < 1.29 is 4.43 Å². The van der Waals surface area contributed by atoms with E-state index in [0.29, 0.717) is 6.10 Å². The zero-order chi connectivity index (χ0) is 10.3. The number of piperidine rings is 1. The zero-order valence-electron chi connectivity index (χ0n) is 9.92. The molecule has 2 aliphatic rings. The number of hydrogen-bond donors (Lipinski definition) is 0. The van der Waals surface area contributed by atoms with Gasteiger partial charge in [0.05, 0.1) is 0 Å². The van der Waals surface area contributed by atoms with Crippen molar-refractivity contribution in [3.05, 3.63) is 0 Å². The summed E-state index contributed by atoms with van der Waals surface area (Å²) >= 11 is 0. The van der Waals surface area contributed by atoms with Crippen LogP contribution in [0.2, 0.25) is 19.6 Å². The summed E-state index contributed by atoms with van der Waals surface area (Å²) in [6.07, 6.45) is 5.91. The van der Waals surface area contributed by atoms with E-state index in [4.69, 9.17) is 4.43 Å². The number of nitrogens with zero attached hydrogens (tertiary/aromatic N) is 1. The highest BCUT2D eigenvalue weighted by molar-refractivity contribution is 6.69. The van der Waals surface area contributed by atoms with E-state index < -0.39 is 8.32 Å². The Morgan fingerprint density at radius 3 is 2.00 bits per heavy atom. The van der Waals surface area contributed by atoms with Crippen LogP contribution >= 0.6 is 0 Å². The molecule has 0 aliphatic carbocycles. The average molecular weight is 213 g/mol. The second-order valence-corrected chi connectivity index (χ2v) is 10.3. The van der Waals surface area contributed by atoms with Crippen molar-refractivity contribution in [1.29, 1.82) is 0 Å². The molecule has 0 saturated carbocycles. The minimum absolute atomic E-state index is 0.565. The van der Waals surface area contributed by atoms with Gasteiger partial charge < -0.3 is 9.33 Å². The molecule has 0 aromatic carbocycles. The maximum Gasteiger partial charge on any atom is 0.184 e. The van der Waals surface area contributed by atoms with Crippen LogP contribution in [0.5, 0.6) is 0 Å². The van der Waals surface area contributed by atoms with Crippen molar-refractivity contribution in [2.45, 2.75) is 63.5 Å². The molecule has 82 valence electrons. The molecule has 2 rings (SSSR count). The highest BCUT2D eigenvalue weighted by atomic mass is 28.4. The van der Waals surface area contributed by atoms with E-state index in [0.717, 1.165) is 12.1 Å². The third-order valence-corrected chi connectivity index (χ3v) is 4.62. The Morgan fingerprint density at radius 1 is 1.07 bits per heavy atom. The van der Waals surface area contributed by atoms with Gasteiger partial charge >= 0.3 is 0 Å². The van der Waals surface area contributed by atoms with Crippen LogP contribution in [0.15, 0.2) is 0 Å². The lowest BCUT2D eigenvalue weighted by atomic mass is 10.0. The Bertz CT molecular complexity index is 200. The predicted octanol–water partition coefficient (Wildman–Crippen LogP) is 2.46. The lowest BCUT2D eigenvalue weighted by molar-refractivity contribution is 0.0617.